The first-order valence-electron chi connectivity index (χ1n) is 3.25. The molecule has 2 N–H and O–H groups in total. The monoisotopic (exact) mass is 145 g/mol. The van der Waals surface area contributed by atoms with E-state index in [1.807, 2.05) is 0 Å². The summed E-state index contributed by atoms with van der Waals surface area (Å²) >= 11 is 0. The van der Waals surface area contributed by atoms with Gasteiger partial charge in [0.25, 0.3) is 0 Å². The minimum atomic E-state index is -1.10. The van der Waals surface area contributed by atoms with E-state index >= 15 is 0 Å². The molecule has 4 nitrogen and oxygen atoms in total. The lowest BCUT2D eigenvalue weighted by atomic mass is 10.2. The Morgan fingerprint density at radius 3 is 2.70 bits per heavy atom. The molecule has 0 aromatic rings. The Hall–Kier alpha value is -0.610. The molecule has 58 valence electrons. The van der Waals surface area contributed by atoms with Gasteiger partial charge in [-0.05, 0) is 13.0 Å². The topological polar surface area (TPSA) is 58.6 Å². The Balaban J connectivity index is 2.67. The Morgan fingerprint density at radius 1 is 1.80 bits per heavy atom. The predicted molar refractivity (Wildman–Crippen MR) is 34.6 cm³/mol. The third-order valence-electron chi connectivity index (χ3n) is 1.81. The number of carbonyl (C=O) groups is 1. The molecule has 10 heavy (non-hydrogen) atoms. The number of methoxy groups -OCH3 is 1. The van der Waals surface area contributed by atoms with Crippen LogP contribution in [0.4, 0.5) is 0 Å². The molecule has 0 amide bonds. The van der Waals surface area contributed by atoms with Gasteiger partial charge in [-0.3, -0.25) is 5.32 Å². The summed E-state index contributed by atoms with van der Waals surface area (Å²) in [6.07, 6.45) is 1.42. The van der Waals surface area contributed by atoms with E-state index in [-0.39, 0.29) is 0 Å². The standard InChI is InChI=1S/C6H11NO3/c1-10-6(5(8)9)3-2-4-7-6/h7H,2-4H2,1H3,(H,8,9)/t6-/m1/s1. The maximum absolute atomic E-state index is 10.6. The number of aliphatic carboxylic acids is 1. The highest BCUT2D eigenvalue weighted by atomic mass is 16.5. The predicted octanol–water partition coefficient (Wildman–Crippen LogP) is -0.203. The molecule has 1 atom stereocenters. The van der Waals surface area contributed by atoms with Gasteiger partial charge in [0, 0.05) is 13.5 Å². The zero-order valence-electron chi connectivity index (χ0n) is 5.89. The van der Waals surface area contributed by atoms with E-state index in [1.54, 1.807) is 0 Å². The lowest BCUT2D eigenvalue weighted by Crippen LogP contribution is -2.49. The molecule has 0 spiro atoms. The van der Waals surface area contributed by atoms with Gasteiger partial charge in [-0.25, -0.2) is 4.79 Å². The molecule has 1 fully saturated rings. The minimum absolute atomic E-state index is 0.554. The summed E-state index contributed by atoms with van der Waals surface area (Å²) in [6.45, 7) is 0.722. The molecule has 1 rings (SSSR count). The van der Waals surface area contributed by atoms with Crippen molar-refractivity contribution < 1.29 is 14.6 Å². The smallest absolute Gasteiger partial charge is 0.351 e. The zero-order chi connectivity index (χ0) is 7.61. The number of ether oxygens (including phenoxy) is 1. The normalized spacial score (nSPS) is 32.5. The summed E-state index contributed by atoms with van der Waals surface area (Å²) < 4.78 is 4.85. The van der Waals surface area contributed by atoms with Gasteiger partial charge < -0.3 is 9.84 Å². The van der Waals surface area contributed by atoms with E-state index < -0.39 is 11.7 Å². The van der Waals surface area contributed by atoms with Crippen LogP contribution in [0.5, 0.6) is 0 Å². The summed E-state index contributed by atoms with van der Waals surface area (Å²) in [7, 11) is 1.41. The maximum Gasteiger partial charge on any atom is 0.351 e. The van der Waals surface area contributed by atoms with E-state index in [2.05, 4.69) is 5.32 Å². The van der Waals surface area contributed by atoms with Crippen molar-refractivity contribution in [2.75, 3.05) is 13.7 Å². The first kappa shape index (κ1) is 7.50. The van der Waals surface area contributed by atoms with E-state index in [1.165, 1.54) is 7.11 Å². The van der Waals surface area contributed by atoms with Crippen LogP contribution in [-0.4, -0.2) is 30.5 Å². The highest BCUT2D eigenvalue weighted by Crippen LogP contribution is 2.19. The average Bonchev–Trinajstić information content (AvgIpc) is 2.35. The molecule has 1 saturated heterocycles. The molecule has 0 aromatic heterocycles. The van der Waals surface area contributed by atoms with Crippen LogP contribution in [0.3, 0.4) is 0 Å². The molecule has 0 aromatic carbocycles. The highest BCUT2D eigenvalue weighted by molar-refractivity contribution is 5.77. The Bertz CT molecular complexity index is 140. The second-order valence-corrected chi connectivity index (χ2v) is 2.37. The second kappa shape index (κ2) is 2.56. The summed E-state index contributed by atoms with van der Waals surface area (Å²) in [6, 6.07) is 0. The van der Waals surface area contributed by atoms with Gasteiger partial charge in [0.2, 0.25) is 5.72 Å². The molecular formula is C6H11NO3. The zero-order valence-corrected chi connectivity index (χ0v) is 5.89. The van der Waals surface area contributed by atoms with Crippen LogP contribution >= 0.6 is 0 Å². The van der Waals surface area contributed by atoms with Crippen LogP contribution in [0.2, 0.25) is 0 Å². The SMILES string of the molecule is CO[C@@]1(C(=O)O)CCCN1. The van der Waals surface area contributed by atoms with E-state index in [0.717, 1.165) is 13.0 Å². The Morgan fingerprint density at radius 2 is 2.50 bits per heavy atom. The van der Waals surface area contributed by atoms with Gasteiger partial charge in [0.05, 0.1) is 0 Å². The summed E-state index contributed by atoms with van der Waals surface area (Å²) in [5.41, 5.74) is -1.10. The van der Waals surface area contributed by atoms with Crippen LogP contribution < -0.4 is 5.32 Å². The Kier molecular flexibility index (Phi) is 1.92. The van der Waals surface area contributed by atoms with Crippen molar-refractivity contribution in [3.63, 3.8) is 0 Å². The van der Waals surface area contributed by atoms with Gasteiger partial charge in [-0.2, -0.15) is 0 Å². The number of hydrogen-bond donors (Lipinski definition) is 2. The third-order valence-corrected chi connectivity index (χ3v) is 1.81. The average molecular weight is 145 g/mol. The molecular weight excluding hydrogens is 134 g/mol. The summed E-state index contributed by atoms with van der Waals surface area (Å²) in [5.74, 6) is -0.924. The van der Waals surface area contributed by atoms with Crippen LogP contribution in [0.1, 0.15) is 12.8 Å². The van der Waals surface area contributed by atoms with E-state index in [4.69, 9.17) is 9.84 Å². The van der Waals surface area contributed by atoms with Crippen molar-refractivity contribution in [3.8, 4) is 0 Å². The molecule has 0 radical (unpaired) electrons. The van der Waals surface area contributed by atoms with Gasteiger partial charge in [-0.15, -0.1) is 0 Å². The van der Waals surface area contributed by atoms with Gasteiger partial charge in [-0.1, -0.05) is 0 Å². The molecule has 0 saturated carbocycles. The first-order valence-corrected chi connectivity index (χ1v) is 3.25. The van der Waals surface area contributed by atoms with Crippen molar-refractivity contribution >= 4 is 5.97 Å². The van der Waals surface area contributed by atoms with Crippen molar-refractivity contribution in [2.45, 2.75) is 18.6 Å². The number of nitrogens with one attached hydrogen (secondary N) is 1. The minimum Gasteiger partial charge on any atom is -0.478 e. The van der Waals surface area contributed by atoms with Crippen molar-refractivity contribution in [1.29, 1.82) is 0 Å². The molecule has 4 heteroatoms. The summed E-state index contributed by atoms with van der Waals surface area (Å²) in [4.78, 5) is 10.6. The first-order chi connectivity index (χ1) is 4.71. The highest BCUT2D eigenvalue weighted by Gasteiger charge is 2.41. The fraction of sp³-hybridized carbons (Fsp3) is 0.833. The fourth-order valence-electron chi connectivity index (χ4n) is 1.16. The van der Waals surface area contributed by atoms with Crippen molar-refractivity contribution in [1.82, 2.24) is 5.32 Å². The van der Waals surface area contributed by atoms with Crippen LogP contribution in [0, 0.1) is 0 Å². The lowest BCUT2D eigenvalue weighted by Gasteiger charge is -2.21. The number of carboxylic acids is 1. The summed E-state index contributed by atoms with van der Waals surface area (Å²) in [5, 5.41) is 11.5. The maximum atomic E-state index is 10.6. The molecule has 1 aliphatic rings. The molecule has 0 aliphatic carbocycles. The number of hydrogen-bond acceptors (Lipinski definition) is 3. The fourth-order valence-corrected chi connectivity index (χ4v) is 1.16. The van der Waals surface area contributed by atoms with Crippen LogP contribution in [0.15, 0.2) is 0 Å². The van der Waals surface area contributed by atoms with Crippen LogP contribution in [-0.2, 0) is 9.53 Å². The molecule has 0 bridgehead atoms. The van der Waals surface area contributed by atoms with E-state index in [9.17, 15) is 4.79 Å². The molecule has 1 aliphatic heterocycles. The van der Waals surface area contributed by atoms with Gasteiger partial charge >= 0.3 is 5.97 Å². The largest absolute Gasteiger partial charge is 0.478 e. The van der Waals surface area contributed by atoms with Crippen LogP contribution in [0.25, 0.3) is 0 Å². The van der Waals surface area contributed by atoms with Gasteiger partial charge in [0.15, 0.2) is 0 Å². The van der Waals surface area contributed by atoms with E-state index in [0.29, 0.717) is 6.42 Å². The quantitative estimate of drug-likeness (QED) is 0.564. The number of carboxylic acid groups (broad SMARTS) is 1. The second-order valence-electron chi connectivity index (χ2n) is 2.37. The number of rotatable bonds is 2. The van der Waals surface area contributed by atoms with Crippen molar-refractivity contribution in [2.24, 2.45) is 0 Å². The van der Waals surface area contributed by atoms with Crippen molar-refractivity contribution in [3.05, 3.63) is 0 Å². The molecule has 0 unspecified atom stereocenters. The van der Waals surface area contributed by atoms with Gasteiger partial charge in [0.1, 0.15) is 0 Å². The lowest BCUT2D eigenvalue weighted by molar-refractivity contribution is -0.164. The Labute approximate surface area is 59.2 Å². The third kappa shape index (κ3) is 0.998. The molecule has 1 heterocycles.